The van der Waals surface area contributed by atoms with E-state index in [0.29, 0.717) is 28.1 Å². The highest BCUT2D eigenvalue weighted by Gasteiger charge is 2.33. The van der Waals surface area contributed by atoms with Gasteiger partial charge in [-0.3, -0.25) is 9.69 Å². The number of benzene rings is 3. The van der Waals surface area contributed by atoms with E-state index in [4.69, 9.17) is 9.41 Å². The molecule has 0 saturated carbocycles. The Morgan fingerprint density at radius 2 is 1.74 bits per heavy atom. The van der Waals surface area contributed by atoms with E-state index in [9.17, 15) is 14.7 Å². The van der Waals surface area contributed by atoms with Gasteiger partial charge in [0.15, 0.2) is 5.17 Å². The minimum absolute atomic E-state index is 0.0994. The maximum absolute atomic E-state index is 13.4. The predicted molar refractivity (Wildman–Crippen MR) is 151 cm³/mol. The lowest BCUT2D eigenvalue weighted by molar-refractivity contribution is -0.122. The van der Waals surface area contributed by atoms with Crippen LogP contribution in [-0.4, -0.2) is 33.6 Å². The zero-order chi connectivity index (χ0) is 26.5. The van der Waals surface area contributed by atoms with Gasteiger partial charge < -0.3 is 9.52 Å². The van der Waals surface area contributed by atoms with Gasteiger partial charge in [0.25, 0.3) is 5.91 Å². The molecule has 1 aliphatic heterocycles. The number of para-hydroxylation sites is 1. The van der Waals surface area contributed by atoms with Crippen LogP contribution in [0.1, 0.15) is 33.7 Å². The highest BCUT2D eigenvalue weighted by atomic mass is 32.2. The van der Waals surface area contributed by atoms with Crippen molar-refractivity contribution in [2.45, 2.75) is 19.8 Å². The van der Waals surface area contributed by atoms with Crippen LogP contribution in [0.15, 0.2) is 105 Å². The van der Waals surface area contributed by atoms with Crippen molar-refractivity contribution in [1.82, 2.24) is 4.90 Å². The van der Waals surface area contributed by atoms with Crippen molar-refractivity contribution in [2.75, 3.05) is 6.54 Å². The van der Waals surface area contributed by atoms with Crippen LogP contribution in [0.2, 0.25) is 0 Å². The number of amides is 1. The van der Waals surface area contributed by atoms with E-state index in [1.54, 1.807) is 29.2 Å². The summed E-state index contributed by atoms with van der Waals surface area (Å²) in [5.74, 6) is 0.0858. The molecule has 0 bridgehead atoms. The van der Waals surface area contributed by atoms with E-state index in [-0.39, 0.29) is 11.5 Å². The van der Waals surface area contributed by atoms with Crippen LogP contribution in [0.25, 0.3) is 17.4 Å². The summed E-state index contributed by atoms with van der Waals surface area (Å²) in [5, 5.41) is 9.87. The van der Waals surface area contributed by atoms with Crippen LogP contribution in [-0.2, 0) is 11.2 Å². The SMILES string of the molecule is Cc1cc(C(=O)O)ccc1-c1ccc(/C=C2\SC(=Nc3ccccc3)N(CCCc3ccccc3)C2=O)o1. The second-order valence-corrected chi connectivity index (χ2v) is 9.93. The van der Waals surface area contributed by atoms with Gasteiger partial charge in [-0.25, -0.2) is 9.79 Å². The summed E-state index contributed by atoms with van der Waals surface area (Å²) in [4.78, 5) is 31.7. The molecule has 0 spiro atoms. The van der Waals surface area contributed by atoms with Gasteiger partial charge in [0.2, 0.25) is 0 Å². The molecule has 1 amide bonds. The van der Waals surface area contributed by atoms with Crippen molar-refractivity contribution >= 4 is 40.6 Å². The summed E-state index contributed by atoms with van der Waals surface area (Å²) < 4.78 is 6.04. The number of carboxylic acids is 1. The van der Waals surface area contributed by atoms with Crippen LogP contribution in [0.3, 0.4) is 0 Å². The standard InChI is InChI=1S/C31H26N2O4S/c1-21-19-23(30(35)36)14-16-26(21)27-17-15-25(37-27)20-28-29(34)33(18-8-11-22-9-4-2-5-10-22)31(38-28)32-24-12-6-3-7-13-24/h2-7,9-10,12-17,19-20H,8,11,18H2,1H3,(H,35,36)/b28-20-,32-31?. The molecule has 0 aliphatic carbocycles. The largest absolute Gasteiger partial charge is 0.478 e. The highest BCUT2D eigenvalue weighted by Crippen LogP contribution is 2.35. The summed E-state index contributed by atoms with van der Waals surface area (Å²) in [6.07, 6.45) is 3.43. The van der Waals surface area contributed by atoms with E-state index in [0.717, 1.165) is 29.7 Å². The molecular weight excluding hydrogens is 496 g/mol. The van der Waals surface area contributed by atoms with Crippen LogP contribution in [0, 0.1) is 6.92 Å². The van der Waals surface area contributed by atoms with Gasteiger partial charge in [-0.1, -0.05) is 54.6 Å². The van der Waals surface area contributed by atoms with Crippen LogP contribution < -0.4 is 0 Å². The molecule has 1 saturated heterocycles. The Morgan fingerprint density at radius 1 is 1.00 bits per heavy atom. The molecule has 4 aromatic rings. The lowest BCUT2D eigenvalue weighted by Crippen LogP contribution is -2.30. The first-order valence-corrected chi connectivity index (χ1v) is 13.1. The number of thioether (sulfide) groups is 1. The Morgan fingerprint density at radius 3 is 2.45 bits per heavy atom. The number of hydrogen-bond donors (Lipinski definition) is 1. The molecule has 1 aliphatic rings. The molecule has 0 atom stereocenters. The zero-order valence-electron chi connectivity index (χ0n) is 20.8. The number of amidine groups is 1. The van der Waals surface area contributed by atoms with Crippen molar-refractivity contribution in [3.05, 3.63) is 118 Å². The van der Waals surface area contributed by atoms with Gasteiger partial charge in [-0.2, -0.15) is 0 Å². The summed E-state index contributed by atoms with van der Waals surface area (Å²) in [6.45, 7) is 2.40. The van der Waals surface area contributed by atoms with Crippen LogP contribution in [0.5, 0.6) is 0 Å². The molecule has 3 aromatic carbocycles. The molecule has 190 valence electrons. The molecule has 6 nitrogen and oxygen atoms in total. The number of rotatable bonds is 8. The second-order valence-electron chi connectivity index (χ2n) is 8.92. The van der Waals surface area contributed by atoms with Crippen molar-refractivity contribution < 1.29 is 19.1 Å². The molecule has 1 aromatic heterocycles. The first-order valence-electron chi connectivity index (χ1n) is 12.3. The fraction of sp³-hybridized carbons (Fsp3) is 0.129. The summed E-state index contributed by atoms with van der Waals surface area (Å²) in [5.41, 5.74) is 3.85. The molecule has 0 unspecified atom stereocenters. The third-order valence-electron chi connectivity index (χ3n) is 6.20. The number of aromatic carboxylic acids is 1. The van der Waals surface area contributed by atoms with E-state index in [2.05, 4.69) is 12.1 Å². The number of hydrogen-bond acceptors (Lipinski definition) is 5. The zero-order valence-corrected chi connectivity index (χ0v) is 21.7. The second kappa shape index (κ2) is 11.4. The molecule has 5 rings (SSSR count). The van der Waals surface area contributed by atoms with Crippen molar-refractivity contribution in [2.24, 2.45) is 4.99 Å². The van der Waals surface area contributed by atoms with Crippen molar-refractivity contribution in [1.29, 1.82) is 0 Å². The first-order chi connectivity index (χ1) is 18.5. The number of aryl methyl sites for hydroxylation is 2. The Labute approximate surface area is 225 Å². The third-order valence-corrected chi connectivity index (χ3v) is 7.20. The maximum atomic E-state index is 13.4. The highest BCUT2D eigenvalue weighted by molar-refractivity contribution is 8.18. The number of nitrogens with zero attached hydrogens (tertiary/aromatic N) is 2. The van der Waals surface area contributed by atoms with Crippen molar-refractivity contribution in [3.63, 3.8) is 0 Å². The van der Waals surface area contributed by atoms with Gasteiger partial charge in [-0.05, 0) is 79.1 Å². The third kappa shape index (κ3) is 5.79. The molecule has 1 N–H and O–H groups in total. The monoisotopic (exact) mass is 522 g/mol. The number of carbonyl (C=O) groups excluding carboxylic acids is 1. The number of furan rings is 1. The van der Waals surface area contributed by atoms with Gasteiger partial charge in [0.05, 0.1) is 16.2 Å². The molecule has 38 heavy (non-hydrogen) atoms. The van der Waals surface area contributed by atoms with Crippen molar-refractivity contribution in [3.8, 4) is 11.3 Å². The molecule has 0 radical (unpaired) electrons. The lowest BCUT2D eigenvalue weighted by Gasteiger charge is -2.15. The average molecular weight is 523 g/mol. The van der Waals surface area contributed by atoms with E-state index in [1.807, 2.05) is 67.6 Å². The number of carbonyl (C=O) groups is 2. The topological polar surface area (TPSA) is 83.1 Å². The van der Waals surface area contributed by atoms with Crippen LogP contribution in [0.4, 0.5) is 5.69 Å². The fourth-order valence-electron chi connectivity index (χ4n) is 4.27. The number of aliphatic imine (C=N–C) groups is 1. The maximum Gasteiger partial charge on any atom is 0.335 e. The Hall–Kier alpha value is -4.36. The molecular formula is C31H26N2O4S. The minimum atomic E-state index is -0.970. The Balaban J connectivity index is 1.38. The fourth-order valence-corrected chi connectivity index (χ4v) is 5.27. The Bertz CT molecular complexity index is 1520. The van der Waals surface area contributed by atoms with Gasteiger partial charge in [-0.15, -0.1) is 0 Å². The van der Waals surface area contributed by atoms with Gasteiger partial charge >= 0.3 is 5.97 Å². The quantitative estimate of drug-likeness (QED) is 0.248. The van der Waals surface area contributed by atoms with Gasteiger partial charge in [0.1, 0.15) is 11.5 Å². The summed E-state index contributed by atoms with van der Waals surface area (Å²) in [6, 6.07) is 28.4. The predicted octanol–water partition coefficient (Wildman–Crippen LogP) is 7.19. The summed E-state index contributed by atoms with van der Waals surface area (Å²) in [7, 11) is 0. The van der Waals surface area contributed by atoms with E-state index in [1.165, 1.54) is 17.3 Å². The minimum Gasteiger partial charge on any atom is -0.478 e. The normalized spacial score (nSPS) is 15.5. The Kier molecular flexibility index (Phi) is 7.56. The molecule has 2 heterocycles. The average Bonchev–Trinajstić information content (AvgIpc) is 3.50. The molecule has 7 heteroatoms. The van der Waals surface area contributed by atoms with Crippen LogP contribution >= 0.6 is 11.8 Å². The van der Waals surface area contributed by atoms with E-state index < -0.39 is 5.97 Å². The number of carboxylic acid groups (broad SMARTS) is 1. The first kappa shape index (κ1) is 25.3. The summed E-state index contributed by atoms with van der Waals surface area (Å²) >= 11 is 1.34. The molecule has 1 fully saturated rings. The smallest absolute Gasteiger partial charge is 0.335 e. The van der Waals surface area contributed by atoms with Gasteiger partial charge in [0, 0.05) is 18.2 Å². The lowest BCUT2D eigenvalue weighted by atomic mass is 10.0. The van der Waals surface area contributed by atoms with E-state index >= 15 is 0 Å².